The molecule has 1 aromatic rings. The molecule has 2 atom stereocenters. The first-order chi connectivity index (χ1) is 8.76. The highest BCUT2D eigenvalue weighted by molar-refractivity contribution is 5.43. The monoisotopic (exact) mass is 245 g/mol. The van der Waals surface area contributed by atoms with Crippen molar-refractivity contribution in [3.8, 4) is 5.75 Å². The molecule has 0 bridgehead atoms. The van der Waals surface area contributed by atoms with E-state index >= 15 is 0 Å². The van der Waals surface area contributed by atoms with Crippen LogP contribution in [-0.4, -0.2) is 11.7 Å². The molecule has 98 valence electrons. The van der Waals surface area contributed by atoms with Crippen molar-refractivity contribution in [1.82, 2.24) is 0 Å². The number of hydrogen-bond donors (Lipinski definition) is 2. The number of fused-ring (bicyclic) bond motifs is 3. The van der Waals surface area contributed by atoms with Crippen LogP contribution in [0.1, 0.15) is 49.7 Å². The Morgan fingerprint density at radius 2 is 2.17 bits per heavy atom. The van der Waals surface area contributed by atoms with E-state index in [0.29, 0.717) is 5.75 Å². The smallest absolute Gasteiger partial charge is 0.115 e. The summed E-state index contributed by atoms with van der Waals surface area (Å²) in [5, 5.41) is 9.83. The Morgan fingerprint density at radius 3 is 3.00 bits per heavy atom. The zero-order valence-electron chi connectivity index (χ0n) is 11.0. The van der Waals surface area contributed by atoms with E-state index in [0.717, 1.165) is 18.9 Å². The van der Waals surface area contributed by atoms with Crippen LogP contribution >= 0.6 is 0 Å². The molecule has 2 nitrogen and oxygen atoms in total. The normalized spacial score (nSPS) is 30.6. The van der Waals surface area contributed by atoms with Crippen LogP contribution in [0.15, 0.2) is 18.2 Å². The predicted molar refractivity (Wildman–Crippen MR) is 73.7 cm³/mol. The Balaban J connectivity index is 2.10. The summed E-state index contributed by atoms with van der Waals surface area (Å²) in [6.45, 7) is 0.756. The number of aryl methyl sites for hydroxylation is 1. The van der Waals surface area contributed by atoms with Crippen LogP contribution in [0.3, 0.4) is 0 Å². The van der Waals surface area contributed by atoms with Crippen LogP contribution in [0.4, 0.5) is 0 Å². The van der Waals surface area contributed by atoms with Gasteiger partial charge in [-0.25, -0.2) is 0 Å². The molecular weight excluding hydrogens is 222 g/mol. The van der Waals surface area contributed by atoms with E-state index < -0.39 is 0 Å². The summed E-state index contributed by atoms with van der Waals surface area (Å²) in [4.78, 5) is 0. The zero-order valence-corrected chi connectivity index (χ0v) is 11.0. The Bertz CT molecular complexity index is 439. The van der Waals surface area contributed by atoms with Gasteiger partial charge in [0.1, 0.15) is 5.75 Å². The number of phenols is 1. The topological polar surface area (TPSA) is 46.2 Å². The second-order valence-electron chi connectivity index (χ2n) is 6.02. The van der Waals surface area contributed by atoms with Gasteiger partial charge < -0.3 is 10.8 Å². The molecule has 3 N–H and O–H groups in total. The number of phenolic OH excluding ortho intramolecular Hbond substituents is 1. The molecular formula is C16H23NO. The SMILES string of the molecule is NCC[C@@]12CCCCC1CCc1ccc(O)cc12. The molecule has 0 saturated heterocycles. The summed E-state index contributed by atoms with van der Waals surface area (Å²) in [7, 11) is 0. The highest BCUT2D eigenvalue weighted by atomic mass is 16.3. The summed E-state index contributed by atoms with van der Waals surface area (Å²) in [6, 6.07) is 5.97. The maximum absolute atomic E-state index is 9.83. The van der Waals surface area contributed by atoms with Crippen molar-refractivity contribution in [3.63, 3.8) is 0 Å². The first-order valence-electron chi connectivity index (χ1n) is 7.29. The van der Waals surface area contributed by atoms with E-state index in [1.807, 2.05) is 12.1 Å². The third-order valence-corrected chi connectivity index (χ3v) is 5.19. The summed E-state index contributed by atoms with van der Waals surface area (Å²) in [5.41, 5.74) is 9.01. The lowest BCUT2D eigenvalue weighted by Crippen LogP contribution is -2.43. The number of rotatable bonds is 2. The molecule has 1 aromatic carbocycles. The standard InChI is InChI=1S/C16H23NO/c17-10-9-16-8-2-1-3-13(16)6-4-12-5-7-14(18)11-15(12)16/h5,7,11,13,18H,1-4,6,8-10,17H2/t13?,16-/m0/s1. The second kappa shape index (κ2) is 4.58. The van der Waals surface area contributed by atoms with Gasteiger partial charge in [-0.3, -0.25) is 0 Å². The van der Waals surface area contributed by atoms with Crippen LogP contribution < -0.4 is 5.73 Å². The molecule has 1 unspecified atom stereocenters. The summed E-state index contributed by atoms with van der Waals surface area (Å²) < 4.78 is 0. The van der Waals surface area contributed by atoms with Crippen molar-refractivity contribution in [2.24, 2.45) is 11.7 Å². The summed E-state index contributed by atoms with van der Waals surface area (Å²) >= 11 is 0. The molecule has 3 rings (SSSR count). The Hall–Kier alpha value is -1.02. The summed E-state index contributed by atoms with van der Waals surface area (Å²) in [5.74, 6) is 1.19. The average molecular weight is 245 g/mol. The third kappa shape index (κ3) is 1.74. The molecule has 2 heteroatoms. The lowest BCUT2D eigenvalue weighted by atomic mass is 9.56. The largest absolute Gasteiger partial charge is 0.508 e. The number of aromatic hydroxyl groups is 1. The van der Waals surface area contributed by atoms with E-state index in [1.54, 1.807) is 0 Å². The number of benzene rings is 1. The fourth-order valence-electron chi connectivity index (χ4n) is 4.38. The molecule has 0 spiro atoms. The quantitative estimate of drug-likeness (QED) is 0.841. The molecule has 1 fully saturated rings. The minimum absolute atomic E-state index is 0.263. The molecule has 0 radical (unpaired) electrons. The molecule has 2 aliphatic rings. The highest BCUT2D eigenvalue weighted by Gasteiger charge is 2.44. The van der Waals surface area contributed by atoms with Crippen molar-refractivity contribution in [3.05, 3.63) is 29.3 Å². The Labute approximate surface area is 109 Å². The van der Waals surface area contributed by atoms with Gasteiger partial charge in [0.15, 0.2) is 0 Å². The second-order valence-corrected chi connectivity index (χ2v) is 6.02. The van der Waals surface area contributed by atoms with Crippen molar-refractivity contribution in [2.75, 3.05) is 6.54 Å². The molecule has 2 aliphatic carbocycles. The van der Waals surface area contributed by atoms with Crippen molar-refractivity contribution in [2.45, 2.75) is 50.4 Å². The van der Waals surface area contributed by atoms with Crippen LogP contribution in [0.25, 0.3) is 0 Å². The molecule has 18 heavy (non-hydrogen) atoms. The van der Waals surface area contributed by atoms with Gasteiger partial charge in [-0.05, 0) is 73.2 Å². The maximum Gasteiger partial charge on any atom is 0.115 e. The van der Waals surface area contributed by atoms with Crippen LogP contribution in [0.5, 0.6) is 5.75 Å². The number of nitrogens with two attached hydrogens (primary N) is 1. The minimum atomic E-state index is 0.263. The van der Waals surface area contributed by atoms with E-state index in [1.165, 1.54) is 49.7 Å². The van der Waals surface area contributed by atoms with Gasteiger partial charge in [0.2, 0.25) is 0 Å². The third-order valence-electron chi connectivity index (χ3n) is 5.19. The molecule has 0 aliphatic heterocycles. The lowest BCUT2D eigenvalue weighted by Gasteiger charge is -2.49. The highest BCUT2D eigenvalue weighted by Crippen LogP contribution is 2.52. The van der Waals surface area contributed by atoms with Crippen LogP contribution in [-0.2, 0) is 11.8 Å². The van der Waals surface area contributed by atoms with Gasteiger partial charge in [0.05, 0.1) is 0 Å². The van der Waals surface area contributed by atoms with Gasteiger partial charge >= 0.3 is 0 Å². The maximum atomic E-state index is 9.83. The number of hydrogen-bond acceptors (Lipinski definition) is 2. The van der Waals surface area contributed by atoms with Gasteiger partial charge in [0, 0.05) is 0 Å². The zero-order chi connectivity index (χ0) is 12.6. The van der Waals surface area contributed by atoms with Crippen LogP contribution in [0.2, 0.25) is 0 Å². The van der Waals surface area contributed by atoms with Crippen molar-refractivity contribution >= 4 is 0 Å². The van der Waals surface area contributed by atoms with E-state index in [4.69, 9.17) is 5.73 Å². The fraction of sp³-hybridized carbons (Fsp3) is 0.625. The van der Waals surface area contributed by atoms with Crippen molar-refractivity contribution in [1.29, 1.82) is 0 Å². The fourth-order valence-corrected chi connectivity index (χ4v) is 4.38. The Morgan fingerprint density at radius 1 is 1.28 bits per heavy atom. The first-order valence-corrected chi connectivity index (χ1v) is 7.29. The summed E-state index contributed by atoms with van der Waals surface area (Å²) in [6.07, 6.45) is 8.83. The van der Waals surface area contributed by atoms with Crippen LogP contribution in [0, 0.1) is 5.92 Å². The van der Waals surface area contributed by atoms with Gasteiger partial charge in [0.25, 0.3) is 0 Å². The van der Waals surface area contributed by atoms with E-state index in [2.05, 4.69) is 6.07 Å². The lowest BCUT2D eigenvalue weighted by molar-refractivity contribution is 0.150. The van der Waals surface area contributed by atoms with E-state index in [9.17, 15) is 5.11 Å². The predicted octanol–water partition coefficient (Wildman–Crippen LogP) is 3.12. The van der Waals surface area contributed by atoms with Crippen molar-refractivity contribution < 1.29 is 5.11 Å². The Kier molecular flexibility index (Phi) is 3.06. The van der Waals surface area contributed by atoms with Gasteiger partial charge in [-0.1, -0.05) is 18.9 Å². The van der Waals surface area contributed by atoms with E-state index in [-0.39, 0.29) is 5.41 Å². The minimum Gasteiger partial charge on any atom is -0.508 e. The first kappa shape index (κ1) is 12.0. The molecule has 0 heterocycles. The molecule has 0 aromatic heterocycles. The van der Waals surface area contributed by atoms with Gasteiger partial charge in [-0.15, -0.1) is 0 Å². The average Bonchev–Trinajstić information content (AvgIpc) is 2.39. The molecule has 0 amide bonds. The van der Waals surface area contributed by atoms with Gasteiger partial charge in [-0.2, -0.15) is 0 Å². The molecule has 1 saturated carbocycles.